The summed E-state index contributed by atoms with van der Waals surface area (Å²) in [5.41, 5.74) is 4.85. The van der Waals surface area contributed by atoms with Crippen molar-refractivity contribution in [3.8, 4) is 0 Å². The quantitative estimate of drug-likeness (QED) is 0.522. The zero-order valence-corrected chi connectivity index (χ0v) is 13.2. The van der Waals surface area contributed by atoms with Gasteiger partial charge in [-0.15, -0.1) is 5.56 Å². The van der Waals surface area contributed by atoms with Crippen molar-refractivity contribution in [3.63, 3.8) is 0 Å². The molecule has 0 saturated carbocycles. The van der Waals surface area contributed by atoms with E-state index in [-0.39, 0.29) is 18.9 Å². The van der Waals surface area contributed by atoms with Crippen LogP contribution in [0.4, 0.5) is 11.4 Å². The molecule has 1 nitrogen and oxygen atoms in total. The van der Waals surface area contributed by atoms with E-state index in [2.05, 4.69) is 78.6 Å². The summed E-state index contributed by atoms with van der Waals surface area (Å²) >= 11 is 0. The summed E-state index contributed by atoms with van der Waals surface area (Å²) in [6.45, 7) is 2.93. The van der Waals surface area contributed by atoms with Crippen LogP contribution in [-0.2, 0) is 6.54 Å². The van der Waals surface area contributed by atoms with Crippen molar-refractivity contribution in [1.82, 2.24) is 0 Å². The van der Waals surface area contributed by atoms with Crippen molar-refractivity contribution >= 4 is 11.4 Å². The Balaban J connectivity index is 0.00000176. The van der Waals surface area contributed by atoms with Crippen LogP contribution in [-0.4, -0.2) is 0 Å². The predicted molar refractivity (Wildman–Crippen MR) is 88.7 cm³/mol. The first kappa shape index (κ1) is 16.4. The van der Waals surface area contributed by atoms with E-state index in [0.717, 1.165) is 6.54 Å². The normalized spacial score (nSPS) is 9.86. The molecule has 22 heavy (non-hydrogen) atoms. The standard InChI is InChI=1S/C20H18N.Li/c1-17-9-8-10-18(15-17)16-21(19-11-4-2-5-12-19)20-13-6-3-7-14-20;/h2-9,11-15H,16H2,1H3;/q-1;+1. The maximum Gasteiger partial charge on any atom is 1.00 e. The smallest absolute Gasteiger partial charge is 0.339 e. The van der Waals surface area contributed by atoms with Gasteiger partial charge in [-0.2, -0.15) is 29.8 Å². The van der Waals surface area contributed by atoms with E-state index in [1.165, 1.54) is 22.5 Å². The molecule has 0 atom stereocenters. The molecule has 104 valence electrons. The Hall–Kier alpha value is -1.94. The molecule has 0 N–H and O–H groups in total. The first-order valence-corrected chi connectivity index (χ1v) is 7.18. The van der Waals surface area contributed by atoms with E-state index < -0.39 is 0 Å². The Morgan fingerprint density at radius 2 is 1.36 bits per heavy atom. The Bertz CT molecular complexity index is 656. The molecule has 3 aromatic carbocycles. The van der Waals surface area contributed by atoms with E-state index in [0.29, 0.717) is 0 Å². The number of nitrogens with zero attached hydrogens (tertiary/aromatic N) is 1. The van der Waals surface area contributed by atoms with Gasteiger partial charge in [-0.25, -0.2) is 0 Å². The minimum absolute atomic E-state index is 0. The number of aryl methyl sites for hydroxylation is 1. The van der Waals surface area contributed by atoms with E-state index in [1.54, 1.807) is 0 Å². The second-order valence-corrected chi connectivity index (χ2v) is 5.15. The van der Waals surface area contributed by atoms with Crippen molar-refractivity contribution in [2.75, 3.05) is 4.90 Å². The summed E-state index contributed by atoms with van der Waals surface area (Å²) < 4.78 is 0. The van der Waals surface area contributed by atoms with E-state index in [4.69, 9.17) is 0 Å². The largest absolute Gasteiger partial charge is 1.00 e. The van der Waals surface area contributed by atoms with Crippen LogP contribution in [0.1, 0.15) is 11.1 Å². The van der Waals surface area contributed by atoms with Crippen molar-refractivity contribution in [1.29, 1.82) is 0 Å². The molecule has 3 aromatic rings. The molecule has 0 aromatic heterocycles. The Kier molecular flexibility index (Phi) is 5.89. The molecule has 0 unspecified atom stereocenters. The van der Waals surface area contributed by atoms with Gasteiger partial charge in [-0.1, -0.05) is 43.3 Å². The molecule has 0 bridgehead atoms. The predicted octanol–water partition coefficient (Wildman–Crippen LogP) is 2.14. The third kappa shape index (κ3) is 4.04. The first-order chi connectivity index (χ1) is 10.3. The molecule has 0 aliphatic carbocycles. The molecule has 0 radical (unpaired) electrons. The monoisotopic (exact) mass is 279 g/mol. The molecule has 0 aliphatic rings. The third-order valence-corrected chi connectivity index (χ3v) is 3.48. The van der Waals surface area contributed by atoms with Crippen LogP contribution in [0.3, 0.4) is 0 Å². The number of hydrogen-bond acceptors (Lipinski definition) is 1. The minimum Gasteiger partial charge on any atom is -0.339 e. The van der Waals surface area contributed by atoms with Crippen LogP contribution >= 0.6 is 0 Å². The molecule has 3 rings (SSSR count). The number of anilines is 2. The Morgan fingerprint density at radius 3 is 1.86 bits per heavy atom. The van der Waals surface area contributed by atoms with Crippen LogP contribution in [0.15, 0.2) is 78.9 Å². The van der Waals surface area contributed by atoms with Gasteiger partial charge in [-0.05, 0) is 24.3 Å². The van der Waals surface area contributed by atoms with E-state index >= 15 is 0 Å². The minimum atomic E-state index is 0. The SMILES string of the molecule is Cc1cc[c-]c(CN(c2ccccc2)c2ccccc2)c1.[Li+]. The fourth-order valence-electron chi connectivity index (χ4n) is 2.45. The van der Waals surface area contributed by atoms with Crippen LogP contribution in [0.25, 0.3) is 0 Å². The zero-order chi connectivity index (χ0) is 14.5. The summed E-state index contributed by atoms with van der Waals surface area (Å²) in [6, 6.07) is 30.6. The molecule has 0 aliphatic heterocycles. The van der Waals surface area contributed by atoms with Gasteiger partial charge in [0.15, 0.2) is 0 Å². The van der Waals surface area contributed by atoms with Gasteiger partial charge in [-0.3, -0.25) is 0 Å². The molecule has 0 amide bonds. The summed E-state index contributed by atoms with van der Waals surface area (Å²) in [7, 11) is 0. The maximum atomic E-state index is 3.34. The van der Waals surface area contributed by atoms with Crippen molar-refractivity contribution in [2.45, 2.75) is 13.5 Å². The number of benzene rings is 3. The first-order valence-electron chi connectivity index (χ1n) is 7.18. The van der Waals surface area contributed by atoms with E-state index in [9.17, 15) is 0 Å². The Morgan fingerprint density at radius 1 is 0.818 bits per heavy atom. The average Bonchev–Trinajstić information content (AvgIpc) is 2.54. The van der Waals surface area contributed by atoms with Gasteiger partial charge in [0.05, 0.1) is 0 Å². The van der Waals surface area contributed by atoms with Gasteiger partial charge in [0.1, 0.15) is 0 Å². The number of hydrogen-bond donors (Lipinski definition) is 0. The van der Waals surface area contributed by atoms with E-state index in [1.807, 2.05) is 18.2 Å². The van der Waals surface area contributed by atoms with Crippen LogP contribution in [0.5, 0.6) is 0 Å². The topological polar surface area (TPSA) is 3.24 Å². The van der Waals surface area contributed by atoms with Crippen molar-refractivity contribution in [3.05, 3.63) is 96.1 Å². The Labute approximate surface area is 144 Å². The summed E-state index contributed by atoms with van der Waals surface area (Å²) in [4.78, 5) is 2.31. The molecule has 0 saturated heterocycles. The number of para-hydroxylation sites is 2. The van der Waals surface area contributed by atoms with Gasteiger partial charge >= 0.3 is 18.9 Å². The van der Waals surface area contributed by atoms with Crippen LogP contribution < -0.4 is 23.8 Å². The molecule has 0 spiro atoms. The zero-order valence-electron chi connectivity index (χ0n) is 13.2. The second-order valence-electron chi connectivity index (χ2n) is 5.15. The summed E-state index contributed by atoms with van der Waals surface area (Å²) in [6.07, 6.45) is 0. The van der Waals surface area contributed by atoms with Gasteiger partial charge in [0, 0.05) is 17.9 Å². The van der Waals surface area contributed by atoms with Gasteiger partial charge in [0.2, 0.25) is 0 Å². The molecular weight excluding hydrogens is 261 g/mol. The fourth-order valence-corrected chi connectivity index (χ4v) is 2.45. The second kappa shape index (κ2) is 7.89. The van der Waals surface area contributed by atoms with Gasteiger partial charge < -0.3 is 4.90 Å². The van der Waals surface area contributed by atoms with Crippen LogP contribution in [0.2, 0.25) is 0 Å². The van der Waals surface area contributed by atoms with Crippen molar-refractivity contribution in [2.24, 2.45) is 0 Å². The molecule has 0 fully saturated rings. The van der Waals surface area contributed by atoms with Crippen molar-refractivity contribution < 1.29 is 18.9 Å². The number of rotatable bonds is 4. The molecule has 2 heteroatoms. The third-order valence-electron chi connectivity index (χ3n) is 3.48. The maximum absolute atomic E-state index is 3.34. The average molecular weight is 279 g/mol. The van der Waals surface area contributed by atoms with Gasteiger partial charge in [0.25, 0.3) is 0 Å². The molecule has 0 heterocycles. The molecular formula is C20H18LiN. The van der Waals surface area contributed by atoms with Crippen LogP contribution in [0, 0.1) is 13.0 Å². The summed E-state index contributed by atoms with van der Waals surface area (Å²) in [5, 5.41) is 0. The fraction of sp³-hybridized carbons (Fsp3) is 0.100. The summed E-state index contributed by atoms with van der Waals surface area (Å²) in [5.74, 6) is 0.